The first-order valence-corrected chi connectivity index (χ1v) is 6.32. The van der Waals surface area contributed by atoms with Crippen molar-refractivity contribution < 1.29 is 4.74 Å². The van der Waals surface area contributed by atoms with Gasteiger partial charge in [0.1, 0.15) is 5.69 Å². The minimum atomic E-state index is -0.176. The lowest BCUT2D eigenvalue weighted by Crippen LogP contribution is -2.23. The van der Waals surface area contributed by atoms with Gasteiger partial charge in [0.2, 0.25) is 0 Å². The zero-order valence-electron chi connectivity index (χ0n) is 11.4. The quantitative estimate of drug-likeness (QED) is 0.856. The minimum Gasteiger partial charge on any atom is -0.494 e. The molecule has 0 aliphatic heterocycles. The van der Waals surface area contributed by atoms with Gasteiger partial charge in [-0.2, -0.15) is 5.10 Å². The van der Waals surface area contributed by atoms with Gasteiger partial charge >= 0.3 is 0 Å². The van der Waals surface area contributed by atoms with Crippen LogP contribution in [0.15, 0.2) is 27.9 Å². The Hall–Kier alpha value is -1.75. The molecular weight excluding hydrogens is 260 g/mol. The summed E-state index contributed by atoms with van der Waals surface area (Å²) in [5, 5.41) is 4.14. The van der Waals surface area contributed by atoms with Crippen LogP contribution in [0.4, 0.5) is 0 Å². The van der Waals surface area contributed by atoms with Gasteiger partial charge in [-0.3, -0.25) is 4.79 Å². The largest absolute Gasteiger partial charge is 0.494 e. The Morgan fingerprint density at radius 1 is 1.32 bits per heavy atom. The second-order valence-corrected chi connectivity index (χ2v) is 4.94. The lowest BCUT2D eigenvalue weighted by Gasteiger charge is -2.14. The van der Waals surface area contributed by atoms with Crippen molar-refractivity contribution in [3.05, 3.63) is 39.8 Å². The monoisotopic (exact) mass is 276 g/mol. The number of rotatable bonds is 2. The summed E-state index contributed by atoms with van der Waals surface area (Å²) in [5.41, 5.74) is 2.87. The van der Waals surface area contributed by atoms with Crippen LogP contribution in [0.25, 0.3) is 11.1 Å². The number of thiol groups is 1. The van der Waals surface area contributed by atoms with Gasteiger partial charge in [-0.1, -0.05) is 6.07 Å². The molecule has 0 saturated carbocycles. The van der Waals surface area contributed by atoms with E-state index < -0.39 is 0 Å². The maximum absolute atomic E-state index is 12.4. The van der Waals surface area contributed by atoms with E-state index >= 15 is 0 Å². The van der Waals surface area contributed by atoms with Crippen LogP contribution in [0.2, 0.25) is 0 Å². The lowest BCUT2D eigenvalue weighted by molar-refractivity contribution is 0.405. The van der Waals surface area contributed by atoms with Crippen LogP contribution >= 0.6 is 12.6 Å². The molecule has 0 fully saturated rings. The van der Waals surface area contributed by atoms with Crippen molar-refractivity contribution in [3.8, 4) is 16.9 Å². The summed E-state index contributed by atoms with van der Waals surface area (Å²) in [4.78, 5) is 13.2. The van der Waals surface area contributed by atoms with E-state index in [0.29, 0.717) is 17.0 Å². The predicted molar refractivity (Wildman–Crippen MR) is 78.2 cm³/mol. The van der Waals surface area contributed by atoms with Gasteiger partial charge in [0, 0.05) is 11.9 Å². The van der Waals surface area contributed by atoms with Gasteiger partial charge in [0.25, 0.3) is 5.56 Å². The molecule has 0 unspecified atom stereocenters. The van der Waals surface area contributed by atoms with E-state index in [1.165, 1.54) is 4.68 Å². The molecule has 5 heteroatoms. The predicted octanol–water partition coefficient (Wildman–Crippen LogP) is 2.36. The molecule has 0 spiro atoms. The fourth-order valence-electron chi connectivity index (χ4n) is 2.12. The van der Waals surface area contributed by atoms with Crippen molar-refractivity contribution in [2.45, 2.75) is 18.7 Å². The van der Waals surface area contributed by atoms with E-state index in [0.717, 1.165) is 16.0 Å². The fraction of sp³-hybridized carbons (Fsp3) is 0.286. The van der Waals surface area contributed by atoms with Gasteiger partial charge in [-0.25, -0.2) is 4.68 Å². The maximum Gasteiger partial charge on any atom is 0.278 e. The maximum atomic E-state index is 12.4. The van der Waals surface area contributed by atoms with Crippen LogP contribution in [0.1, 0.15) is 11.3 Å². The highest BCUT2D eigenvalue weighted by atomic mass is 32.1. The molecule has 4 nitrogen and oxygen atoms in total. The third-order valence-electron chi connectivity index (χ3n) is 3.06. The van der Waals surface area contributed by atoms with E-state index in [1.54, 1.807) is 14.2 Å². The Morgan fingerprint density at radius 3 is 2.63 bits per heavy atom. The molecule has 0 bridgehead atoms. The van der Waals surface area contributed by atoms with E-state index in [1.807, 2.05) is 32.0 Å². The molecule has 0 radical (unpaired) electrons. The first-order chi connectivity index (χ1) is 8.95. The van der Waals surface area contributed by atoms with Gasteiger partial charge in [0.15, 0.2) is 5.75 Å². The van der Waals surface area contributed by atoms with Crippen molar-refractivity contribution in [1.82, 2.24) is 9.78 Å². The highest BCUT2D eigenvalue weighted by Crippen LogP contribution is 2.31. The minimum absolute atomic E-state index is 0.176. The fourth-order valence-corrected chi connectivity index (χ4v) is 2.33. The number of hydrogen-bond donors (Lipinski definition) is 1. The lowest BCUT2D eigenvalue weighted by atomic mass is 10.0. The molecule has 1 aromatic heterocycles. The molecule has 0 aliphatic carbocycles. The molecule has 100 valence electrons. The van der Waals surface area contributed by atoms with Crippen LogP contribution in [-0.4, -0.2) is 16.9 Å². The van der Waals surface area contributed by atoms with Crippen molar-refractivity contribution >= 4 is 12.6 Å². The highest BCUT2D eigenvalue weighted by molar-refractivity contribution is 7.80. The third-order valence-corrected chi connectivity index (χ3v) is 3.34. The molecule has 2 rings (SSSR count). The Bertz CT molecular complexity index is 693. The number of ether oxygens (including phenoxy) is 1. The first-order valence-electron chi connectivity index (χ1n) is 5.87. The Balaban J connectivity index is 2.88. The molecule has 0 amide bonds. The Morgan fingerprint density at radius 2 is 2.00 bits per heavy atom. The number of methoxy groups -OCH3 is 1. The molecule has 0 aliphatic rings. The molecule has 0 atom stereocenters. The van der Waals surface area contributed by atoms with Gasteiger partial charge in [-0.05, 0) is 37.1 Å². The number of aromatic nitrogens is 2. The number of hydrogen-bond acceptors (Lipinski definition) is 4. The number of benzene rings is 1. The summed E-state index contributed by atoms with van der Waals surface area (Å²) in [6.07, 6.45) is 0. The smallest absolute Gasteiger partial charge is 0.278 e. The summed E-state index contributed by atoms with van der Waals surface area (Å²) < 4.78 is 6.69. The second-order valence-electron chi connectivity index (χ2n) is 4.42. The average Bonchev–Trinajstić information content (AvgIpc) is 2.36. The van der Waals surface area contributed by atoms with Gasteiger partial charge < -0.3 is 4.74 Å². The summed E-state index contributed by atoms with van der Waals surface area (Å²) in [5.74, 6) is 0.519. The molecule has 19 heavy (non-hydrogen) atoms. The second kappa shape index (κ2) is 5.09. The van der Waals surface area contributed by atoms with E-state index in [-0.39, 0.29) is 5.56 Å². The van der Waals surface area contributed by atoms with E-state index in [4.69, 9.17) is 4.74 Å². The summed E-state index contributed by atoms with van der Waals surface area (Å²) in [6, 6.07) is 5.70. The average molecular weight is 276 g/mol. The standard InChI is InChI=1S/C14H16N2O2S/c1-8-5-6-10(19)7-11(8)12-13(18-4)9(2)15-16(3)14(12)17/h5-7,19H,1-4H3. The van der Waals surface area contributed by atoms with Crippen LogP contribution in [0.5, 0.6) is 5.75 Å². The molecule has 2 aromatic rings. The first kappa shape index (κ1) is 13.7. The topological polar surface area (TPSA) is 44.1 Å². The highest BCUT2D eigenvalue weighted by Gasteiger charge is 2.18. The summed E-state index contributed by atoms with van der Waals surface area (Å²) in [7, 11) is 3.19. The normalized spacial score (nSPS) is 10.6. The van der Waals surface area contributed by atoms with Crippen molar-refractivity contribution in [2.24, 2.45) is 7.05 Å². The molecule has 1 aromatic carbocycles. The number of aryl methyl sites for hydroxylation is 3. The van der Waals surface area contributed by atoms with Crippen molar-refractivity contribution in [1.29, 1.82) is 0 Å². The van der Waals surface area contributed by atoms with Crippen LogP contribution in [-0.2, 0) is 7.05 Å². The van der Waals surface area contributed by atoms with Crippen LogP contribution in [0.3, 0.4) is 0 Å². The zero-order valence-corrected chi connectivity index (χ0v) is 12.3. The Kier molecular flexibility index (Phi) is 3.66. The summed E-state index contributed by atoms with van der Waals surface area (Å²) >= 11 is 4.34. The SMILES string of the molecule is COc1c(C)nn(C)c(=O)c1-c1cc(S)ccc1C. The molecule has 0 N–H and O–H groups in total. The molecular formula is C14H16N2O2S. The molecule has 1 heterocycles. The van der Waals surface area contributed by atoms with Gasteiger partial charge in [0.05, 0.1) is 12.7 Å². The Labute approximate surface area is 117 Å². The molecule has 0 saturated heterocycles. The van der Waals surface area contributed by atoms with E-state index in [2.05, 4.69) is 17.7 Å². The van der Waals surface area contributed by atoms with Crippen LogP contribution < -0.4 is 10.3 Å². The van der Waals surface area contributed by atoms with E-state index in [9.17, 15) is 4.79 Å². The van der Waals surface area contributed by atoms with Crippen LogP contribution in [0, 0.1) is 13.8 Å². The van der Waals surface area contributed by atoms with Gasteiger partial charge in [-0.15, -0.1) is 12.6 Å². The number of nitrogens with zero attached hydrogens (tertiary/aromatic N) is 2. The van der Waals surface area contributed by atoms with Crippen molar-refractivity contribution in [3.63, 3.8) is 0 Å². The third kappa shape index (κ3) is 2.38. The summed E-state index contributed by atoms with van der Waals surface area (Å²) in [6.45, 7) is 3.78. The zero-order chi connectivity index (χ0) is 14.2. The van der Waals surface area contributed by atoms with Crippen molar-refractivity contribution in [2.75, 3.05) is 7.11 Å².